The first-order chi connectivity index (χ1) is 12.7. The fourth-order valence-electron chi connectivity index (χ4n) is 3.15. The highest BCUT2D eigenvalue weighted by Gasteiger charge is 2.23. The number of hydrogen-bond acceptors (Lipinski definition) is 5. The van der Waals surface area contributed by atoms with E-state index in [1.807, 2.05) is 18.7 Å². The van der Waals surface area contributed by atoms with Crippen LogP contribution < -0.4 is 10.6 Å². The monoisotopic (exact) mass is 416 g/mol. The van der Waals surface area contributed by atoms with Gasteiger partial charge in [0.1, 0.15) is 0 Å². The Hall–Kier alpha value is -1.26. The molecule has 1 aromatic heterocycles. The van der Waals surface area contributed by atoms with Gasteiger partial charge in [-0.15, -0.1) is 0 Å². The van der Waals surface area contributed by atoms with Gasteiger partial charge in [-0.1, -0.05) is 0 Å². The molecular formula is C17H32N6O2S2. The highest BCUT2D eigenvalue weighted by atomic mass is 32.2. The minimum absolute atomic E-state index is 0.0770. The molecule has 10 heteroatoms. The maximum absolute atomic E-state index is 12.4. The van der Waals surface area contributed by atoms with Crippen molar-refractivity contribution in [3.8, 4) is 0 Å². The predicted octanol–water partition coefficient (Wildman–Crippen LogP) is 0.512. The van der Waals surface area contributed by atoms with Gasteiger partial charge in [-0.3, -0.25) is 9.67 Å². The number of thioether (sulfide) groups is 1. The maximum Gasteiger partial charge on any atom is 0.215 e. The van der Waals surface area contributed by atoms with E-state index in [1.54, 1.807) is 23.1 Å². The molecule has 0 aromatic carbocycles. The van der Waals surface area contributed by atoms with Crippen molar-refractivity contribution >= 4 is 27.7 Å². The Labute approximate surface area is 167 Å². The second-order valence-corrected chi connectivity index (χ2v) is 10.2. The van der Waals surface area contributed by atoms with Crippen LogP contribution in [0, 0.1) is 13.8 Å². The minimum atomic E-state index is -3.21. The van der Waals surface area contributed by atoms with Crippen LogP contribution in [0.15, 0.2) is 4.99 Å². The van der Waals surface area contributed by atoms with Crippen molar-refractivity contribution in [1.82, 2.24) is 24.7 Å². The topological polar surface area (TPSA) is 91.6 Å². The summed E-state index contributed by atoms with van der Waals surface area (Å²) in [7, 11) is 0.435. The van der Waals surface area contributed by atoms with Crippen molar-refractivity contribution in [2.45, 2.75) is 33.2 Å². The number of aromatic nitrogens is 2. The fourth-order valence-corrected chi connectivity index (χ4v) is 5.64. The van der Waals surface area contributed by atoms with E-state index in [0.717, 1.165) is 29.3 Å². The molecule has 0 amide bonds. The van der Waals surface area contributed by atoms with E-state index in [9.17, 15) is 8.42 Å². The van der Waals surface area contributed by atoms with Gasteiger partial charge in [0.25, 0.3) is 0 Å². The molecule has 0 spiro atoms. The third-order valence-electron chi connectivity index (χ3n) is 4.79. The molecule has 1 aromatic rings. The molecule has 0 radical (unpaired) electrons. The molecule has 154 valence electrons. The Morgan fingerprint density at radius 2 is 2.00 bits per heavy atom. The summed E-state index contributed by atoms with van der Waals surface area (Å²) < 4.78 is 28.3. The summed E-state index contributed by atoms with van der Waals surface area (Å²) in [6.45, 7) is 7.73. The van der Waals surface area contributed by atoms with Gasteiger partial charge >= 0.3 is 0 Å². The van der Waals surface area contributed by atoms with Crippen molar-refractivity contribution in [2.75, 3.05) is 43.9 Å². The van der Waals surface area contributed by atoms with Crippen LogP contribution in [0.5, 0.6) is 0 Å². The molecule has 1 saturated heterocycles. The van der Waals surface area contributed by atoms with Gasteiger partial charge in [0.05, 0.1) is 11.4 Å². The van der Waals surface area contributed by atoms with Gasteiger partial charge < -0.3 is 10.6 Å². The summed E-state index contributed by atoms with van der Waals surface area (Å²) in [6.07, 6.45) is 0.829. The van der Waals surface area contributed by atoms with E-state index in [0.29, 0.717) is 25.6 Å². The van der Waals surface area contributed by atoms with Gasteiger partial charge in [0, 0.05) is 57.0 Å². The van der Waals surface area contributed by atoms with Gasteiger partial charge in [0.15, 0.2) is 5.96 Å². The number of nitrogens with zero attached hydrogens (tertiary/aromatic N) is 4. The highest BCUT2D eigenvalue weighted by molar-refractivity contribution is 7.99. The van der Waals surface area contributed by atoms with Crippen molar-refractivity contribution in [2.24, 2.45) is 12.0 Å². The molecule has 1 aliphatic heterocycles. The Bertz CT molecular complexity index is 754. The summed E-state index contributed by atoms with van der Waals surface area (Å²) in [5.74, 6) is 2.44. The lowest BCUT2D eigenvalue weighted by Gasteiger charge is -2.26. The van der Waals surface area contributed by atoms with Crippen LogP contribution in [0.4, 0.5) is 0 Å². The summed E-state index contributed by atoms with van der Waals surface area (Å²) in [4.78, 5) is 4.21. The molecular weight excluding hydrogens is 384 g/mol. The largest absolute Gasteiger partial charge is 0.355 e. The lowest BCUT2D eigenvalue weighted by molar-refractivity contribution is 0.443. The zero-order valence-electron chi connectivity index (χ0n) is 16.9. The molecule has 0 bridgehead atoms. The van der Waals surface area contributed by atoms with E-state index < -0.39 is 10.0 Å². The maximum atomic E-state index is 12.4. The Kier molecular flexibility index (Phi) is 7.99. The third-order valence-corrected chi connectivity index (χ3v) is 7.61. The number of aliphatic imine (C=N–C) groups is 1. The predicted molar refractivity (Wildman–Crippen MR) is 113 cm³/mol. The highest BCUT2D eigenvalue weighted by Crippen LogP contribution is 2.14. The van der Waals surface area contributed by atoms with Crippen LogP contribution in [0.1, 0.15) is 23.9 Å². The van der Waals surface area contributed by atoms with Crippen molar-refractivity contribution in [3.63, 3.8) is 0 Å². The molecule has 2 N–H and O–H groups in total. The van der Waals surface area contributed by atoms with Crippen LogP contribution in [-0.2, 0) is 23.5 Å². The van der Waals surface area contributed by atoms with E-state index in [2.05, 4.69) is 34.6 Å². The first-order valence-corrected chi connectivity index (χ1v) is 12.0. The van der Waals surface area contributed by atoms with Gasteiger partial charge in [0.2, 0.25) is 10.0 Å². The average molecular weight is 417 g/mol. The molecule has 0 aliphatic carbocycles. The van der Waals surface area contributed by atoms with E-state index in [-0.39, 0.29) is 11.8 Å². The van der Waals surface area contributed by atoms with E-state index in [4.69, 9.17) is 0 Å². The normalized spacial score (nSPS) is 17.7. The van der Waals surface area contributed by atoms with Gasteiger partial charge in [-0.2, -0.15) is 16.9 Å². The third kappa shape index (κ3) is 6.11. The number of guanidine groups is 1. The van der Waals surface area contributed by atoms with Gasteiger partial charge in [-0.25, -0.2) is 12.7 Å². The van der Waals surface area contributed by atoms with Crippen molar-refractivity contribution in [3.05, 3.63) is 17.0 Å². The SMILES string of the molecule is CN=C(NCCS(=O)(=O)N1CCSCC1)NC(C)Cc1c(C)nn(C)c1C. The smallest absolute Gasteiger partial charge is 0.215 e. The zero-order chi connectivity index (χ0) is 20.0. The minimum Gasteiger partial charge on any atom is -0.355 e. The van der Waals surface area contributed by atoms with Crippen LogP contribution in [0.2, 0.25) is 0 Å². The first kappa shape index (κ1) is 22.0. The number of nitrogens with one attached hydrogen (secondary N) is 2. The van der Waals surface area contributed by atoms with Crippen LogP contribution in [0.25, 0.3) is 0 Å². The molecule has 1 aliphatic rings. The van der Waals surface area contributed by atoms with Crippen molar-refractivity contribution in [1.29, 1.82) is 0 Å². The first-order valence-electron chi connectivity index (χ1n) is 9.26. The van der Waals surface area contributed by atoms with Gasteiger partial charge in [-0.05, 0) is 32.8 Å². The summed E-state index contributed by atoms with van der Waals surface area (Å²) >= 11 is 1.80. The second kappa shape index (κ2) is 9.79. The second-order valence-electron chi connectivity index (χ2n) is 6.85. The molecule has 2 heterocycles. The summed E-state index contributed by atoms with van der Waals surface area (Å²) in [6, 6.07) is 0.147. The van der Waals surface area contributed by atoms with E-state index >= 15 is 0 Å². The average Bonchev–Trinajstić information content (AvgIpc) is 2.87. The van der Waals surface area contributed by atoms with Crippen LogP contribution >= 0.6 is 11.8 Å². The lowest BCUT2D eigenvalue weighted by Crippen LogP contribution is -2.46. The molecule has 1 atom stereocenters. The number of aryl methyl sites for hydroxylation is 2. The van der Waals surface area contributed by atoms with Crippen LogP contribution in [-0.4, -0.2) is 78.4 Å². The molecule has 0 saturated carbocycles. The standard InChI is InChI=1S/C17H32N6O2S2/c1-13(12-16-14(2)21-22(5)15(16)3)20-17(18-4)19-6-11-27(24,25)23-7-9-26-10-8-23/h13H,6-12H2,1-5H3,(H2,18,19,20). The molecule has 8 nitrogen and oxygen atoms in total. The zero-order valence-corrected chi connectivity index (χ0v) is 18.6. The van der Waals surface area contributed by atoms with E-state index in [1.165, 1.54) is 5.56 Å². The number of sulfonamides is 1. The molecule has 2 rings (SSSR count). The molecule has 1 fully saturated rings. The fraction of sp³-hybridized carbons (Fsp3) is 0.765. The molecule has 27 heavy (non-hydrogen) atoms. The number of rotatable bonds is 7. The Morgan fingerprint density at radius 3 is 2.56 bits per heavy atom. The van der Waals surface area contributed by atoms with Crippen molar-refractivity contribution < 1.29 is 8.42 Å². The van der Waals surface area contributed by atoms with Crippen LogP contribution in [0.3, 0.4) is 0 Å². The quantitative estimate of drug-likeness (QED) is 0.497. The lowest BCUT2D eigenvalue weighted by atomic mass is 10.1. The Balaban J connectivity index is 1.83. The Morgan fingerprint density at radius 1 is 1.33 bits per heavy atom. The summed E-state index contributed by atoms with van der Waals surface area (Å²) in [5.41, 5.74) is 3.44. The summed E-state index contributed by atoms with van der Waals surface area (Å²) in [5, 5.41) is 10.9. The molecule has 1 unspecified atom stereocenters. The number of hydrogen-bond donors (Lipinski definition) is 2.